The molecule has 11 atom stereocenters. The van der Waals surface area contributed by atoms with E-state index in [9.17, 15) is 54.5 Å². The van der Waals surface area contributed by atoms with Gasteiger partial charge in [-0.25, -0.2) is 23.4 Å². The molecule has 0 aliphatic carbocycles. The Balaban J connectivity index is 1.28. The normalized spacial score (nSPS) is 28.7. The number of benzene rings is 1. The van der Waals surface area contributed by atoms with E-state index >= 15 is 0 Å². The highest BCUT2D eigenvalue weighted by molar-refractivity contribution is 7.47. The molecule has 308 valence electrons. The minimum atomic E-state index is -5.57. The average Bonchev–Trinajstić information content (AvgIpc) is 3.71. The molecule has 4 heterocycles. The highest BCUT2D eigenvalue weighted by Crippen LogP contribution is 2.51. The Labute approximate surface area is 319 Å². The number of nitrogens with two attached hydrogens (primary N) is 1. The number of rotatable bonds is 17. The zero-order valence-corrected chi connectivity index (χ0v) is 31.2. The van der Waals surface area contributed by atoms with Crippen LogP contribution in [-0.2, 0) is 45.6 Å². The van der Waals surface area contributed by atoms with Gasteiger partial charge in [0.25, 0.3) is 5.79 Å². The van der Waals surface area contributed by atoms with Crippen LogP contribution < -0.4 is 16.7 Å². The van der Waals surface area contributed by atoms with Gasteiger partial charge in [0.2, 0.25) is 5.91 Å². The number of aliphatic hydroxyl groups is 5. The van der Waals surface area contributed by atoms with E-state index in [0.717, 1.165) is 54.5 Å². The van der Waals surface area contributed by atoms with E-state index in [4.69, 9.17) is 24.3 Å². The Bertz CT molecular complexity index is 1930. The molecule has 0 bridgehead atoms. The first-order valence-electron chi connectivity index (χ1n) is 17.7. The fraction of sp³-hybridized carbons (Fsp3) is 0.576. The van der Waals surface area contributed by atoms with Gasteiger partial charge in [-0.2, -0.15) is 4.98 Å². The fourth-order valence-corrected chi connectivity index (χ4v) is 7.41. The minimum absolute atomic E-state index is 0.133. The summed E-state index contributed by atoms with van der Waals surface area (Å²) in [4.78, 5) is 51.1. The number of aromatic nitrogens is 5. The summed E-state index contributed by atoms with van der Waals surface area (Å²) in [5, 5.41) is 75.1. The van der Waals surface area contributed by atoms with Crippen molar-refractivity contribution in [1.82, 2.24) is 29.9 Å². The SMILES string of the molecule is CCCCCc1ccc(-c2cn(C[C@@H](O)[C@@H](O)[C@@H]3O[C@](OP(=O)(O)OC[C@H]4O[C@@H](n5ccc(N)nc5=O)[C@H](O)[C@@H]4O)(C(=O)O)C[C@H](O)[C@H]3NC(C)=O)nn2)cc1. The second kappa shape index (κ2) is 17.9. The fourth-order valence-electron chi connectivity index (χ4n) is 6.45. The lowest BCUT2D eigenvalue weighted by molar-refractivity contribution is -0.288. The first-order valence-corrected chi connectivity index (χ1v) is 19.2. The molecule has 10 N–H and O–H groups in total. The lowest BCUT2D eigenvalue weighted by Crippen LogP contribution is -2.67. The number of nitrogen functional groups attached to an aromatic ring is 1. The summed E-state index contributed by atoms with van der Waals surface area (Å²) in [6.45, 7) is 1.73. The lowest BCUT2D eigenvalue weighted by Gasteiger charge is -2.46. The molecule has 0 spiro atoms. The standard InChI is InChI=1S/C33H46N7O15P/c1-3-4-5-6-18-7-9-19(10-8-18)20-14-39(38-37-20)15-22(43)26(44)29-25(35-17(2)41)21(42)13-33(54-29,31(47)48)55-56(50,51)52-16-23-27(45)28(46)30(53-23)40-12-11-24(34)36-32(40)49/h7-12,14,21-23,25-30,42-46H,3-6,13,15-16H2,1-2H3,(H,35,41)(H,47,48)(H,50,51)(H2,34,36,49)/t21-,22+,23+,25+,26+,27+,28+,29+,30+,33+/m0/s1. The van der Waals surface area contributed by atoms with Crippen LogP contribution >= 0.6 is 7.82 Å². The van der Waals surface area contributed by atoms with E-state index in [1.165, 1.54) is 16.9 Å². The van der Waals surface area contributed by atoms with Crippen LogP contribution in [0.3, 0.4) is 0 Å². The molecule has 23 heteroatoms. The number of anilines is 1. The van der Waals surface area contributed by atoms with Crippen molar-refractivity contribution in [2.24, 2.45) is 0 Å². The molecule has 3 aromatic rings. The summed E-state index contributed by atoms with van der Waals surface area (Å²) in [5.74, 6) is -6.17. The number of aliphatic carboxylic acids is 1. The van der Waals surface area contributed by atoms with Crippen molar-refractivity contribution in [3.63, 3.8) is 0 Å². The van der Waals surface area contributed by atoms with Gasteiger partial charge in [-0.1, -0.05) is 49.2 Å². The van der Waals surface area contributed by atoms with Gasteiger partial charge >= 0.3 is 19.5 Å². The molecule has 2 aliphatic heterocycles. The van der Waals surface area contributed by atoms with Crippen molar-refractivity contribution in [2.75, 3.05) is 12.3 Å². The highest BCUT2D eigenvalue weighted by atomic mass is 31.2. The Kier molecular flexibility index (Phi) is 13.8. The van der Waals surface area contributed by atoms with Crippen LogP contribution in [0.4, 0.5) is 5.82 Å². The van der Waals surface area contributed by atoms with Crippen LogP contribution in [-0.4, -0.2) is 133 Å². The summed E-state index contributed by atoms with van der Waals surface area (Å²) in [6.07, 6.45) is -8.74. The van der Waals surface area contributed by atoms with Crippen LogP contribution in [0.25, 0.3) is 11.3 Å². The number of nitrogens with zero attached hydrogens (tertiary/aromatic N) is 5. The van der Waals surface area contributed by atoms with E-state index in [0.29, 0.717) is 5.69 Å². The topological polar surface area (TPSA) is 333 Å². The van der Waals surface area contributed by atoms with Crippen LogP contribution in [0.1, 0.15) is 51.3 Å². The molecule has 1 aromatic carbocycles. The van der Waals surface area contributed by atoms with E-state index in [1.54, 1.807) is 0 Å². The number of amides is 1. The van der Waals surface area contributed by atoms with Gasteiger partial charge in [0.1, 0.15) is 48.1 Å². The van der Waals surface area contributed by atoms with Gasteiger partial charge in [-0.05, 0) is 24.5 Å². The number of phosphoric ester groups is 1. The number of aryl methyl sites for hydroxylation is 1. The molecular formula is C33H46N7O15P. The van der Waals surface area contributed by atoms with E-state index < -0.39 is 106 Å². The Morgan fingerprint density at radius 3 is 2.50 bits per heavy atom. The van der Waals surface area contributed by atoms with Crippen LogP contribution in [0.2, 0.25) is 0 Å². The summed E-state index contributed by atoms with van der Waals surface area (Å²) < 4.78 is 36.1. The third-order valence-corrected chi connectivity index (χ3v) is 10.4. The number of unbranched alkanes of at least 4 members (excludes halogenated alkanes) is 2. The molecule has 1 unspecified atom stereocenters. The van der Waals surface area contributed by atoms with Crippen molar-refractivity contribution >= 4 is 25.5 Å². The number of hydrogen-bond donors (Lipinski definition) is 9. The molecular weight excluding hydrogens is 765 g/mol. The third kappa shape index (κ3) is 10.0. The van der Waals surface area contributed by atoms with Gasteiger partial charge in [0.05, 0.1) is 31.5 Å². The molecule has 56 heavy (non-hydrogen) atoms. The number of carbonyl (C=O) groups excluding carboxylic acids is 1. The second-order valence-corrected chi connectivity index (χ2v) is 15.0. The summed E-state index contributed by atoms with van der Waals surface area (Å²) in [6, 6.07) is 7.33. The van der Waals surface area contributed by atoms with E-state index in [-0.39, 0.29) is 5.82 Å². The summed E-state index contributed by atoms with van der Waals surface area (Å²) in [7, 11) is -5.57. The molecule has 2 fully saturated rings. The lowest BCUT2D eigenvalue weighted by atomic mass is 9.88. The number of aliphatic hydroxyl groups excluding tert-OH is 5. The third-order valence-electron chi connectivity index (χ3n) is 9.36. The monoisotopic (exact) mass is 811 g/mol. The van der Waals surface area contributed by atoms with Crippen molar-refractivity contribution < 1.29 is 68.2 Å². The number of hydrogen-bond acceptors (Lipinski definition) is 17. The number of carbonyl (C=O) groups is 2. The predicted octanol–water partition coefficient (Wildman–Crippen LogP) is -1.57. The maximum atomic E-state index is 13.2. The molecule has 1 amide bonds. The van der Waals surface area contributed by atoms with Gasteiger partial charge in [-0.3, -0.25) is 13.9 Å². The maximum Gasteiger partial charge on any atom is 0.475 e. The molecule has 0 saturated carbocycles. The summed E-state index contributed by atoms with van der Waals surface area (Å²) >= 11 is 0. The van der Waals surface area contributed by atoms with Crippen molar-refractivity contribution in [3.8, 4) is 11.3 Å². The van der Waals surface area contributed by atoms with Crippen LogP contribution in [0.15, 0.2) is 47.5 Å². The van der Waals surface area contributed by atoms with Crippen LogP contribution in [0, 0.1) is 0 Å². The van der Waals surface area contributed by atoms with Crippen molar-refractivity contribution in [3.05, 3.63) is 58.8 Å². The highest BCUT2D eigenvalue weighted by Gasteiger charge is 2.59. The number of phosphoric acid groups is 1. The zero-order chi connectivity index (χ0) is 40.9. The van der Waals surface area contributed by atoms with Crippen molar-refractivity contribution in [1.29, 1.82) is 0 Å². The van der Waals surface area contributed by atoms with Gasteiger partial charge in [-0.15, -0.1) is 5.10 Å². The molecule has 2 aromatic heterocycles. The largest absolute Gasteiger partial charge is 0.477 e. The number of nitrogens with one attached hydrogen (secondary N) is 1. The van der Waals surface area contributed by atoms with Gasteiger partial charge < -0.3 is 56.1 Å². The van der Waals surface area contributed by atoms with E-state index in [1.807, 2.05) is 24.3 Å². The molecule has 5 rings (SSSR count). The molecule has 2 saturated heterocycles. The van der Waals surface area contributed by atoms with Crippen LogP contribution in [0.5, 0.6) is 0 Å². The first-order chi connectivity index (χ1) is 26.4. The minimum Gasteiger partial charge on any atom is -0.477 e. The molecule has 22 nitrogen and oxygen atoms in total. The predicted molar refractivity (Wildman–Crippen MR) is 190 cm³/mol. The smallest absolute Gasteiger partial charge is 0.475 e. The number of ether oxygens (including phenoxy) is 2. The zero-order valence-electron chi connectivity index (χ0n) is 30.3. The maximum absolute atomic E-state index is 13.2. The Morgan fingerprint density at radius 2 is 1.86 bits per heavy atom. The van der Waals surface area contributed by atoms with E-state index in [2.05, 4.69) is 27.5 Å². The Hall–Kier alpha value is -4.19. The first kappa shape index (κ1) is 42.9. The molecule has 2 aliphatic rings. The second-order valence-electron chi connectivity index (χ2n) is 13.6. The van der Waals surface area contributed by atoms with Crippen molar-refractivity contribution in [2.45, 2.75) is 113 Å². The summed E-state index contributed by atoms with van der Waals surface area (Å²) in [5.41, 5.74) is 6.86. The number of carboxylic acids is 1. The van der Waals surface area contributed by atoms with Gasteiger partial charge in [0.15, 0.2) is 6.23 Å². The quantitative estimate of drug-likeness (QED) is 0.0549. The number of carboxylic acid groups (broad SMARTS) is 1. The Morgan fingerprint density at radius 1 is 1.14 bits per heavy atom. The van der Waals surface area contributed by atoms with Gasteiger partial charge in [0, 0.05) is 25.1 Å². The molecule has 0 radical (unpaired) electrons. The average molecular weight is 812 g/mol.